The molecule has 3 aromatic rings. The molecule has 1 amide bonds. The molecular weight excluding hydrogens is 472 g/mol. The van der Waals surface area contributed by atoms with Crippen LogP contribution in [0.1, 0.15) is 15.9 Å². The van der Waals surface area contributed by atoms with E-state index in [1.807, 2.05) is 0 Å². The van der Waals surface area contributed by atoms with Crippen LogP contribution in [0.4, 0.5) is 17.1 Å². The number of nitrogens with one attached hydrogen (secondary N) is 1. The summed E-state index contributed by atoms with van der Waals surface area (Å²) in [5.41, 5.74) is -1.08. The summed E-state index contributed by atoms with van der Waals surface area (Å²) in [4.78, 5) is 45.7. The van der Waals surface area contributed by atoms with Crippen molar-refractivity contribution in [2.24, 2.45) is 7.05 Å². The van der Waals surface area contributed by atoms with E-state index in [1.165, 1.54) is 22.9 Å². The van der Waals surface area contributed by atoms with Crippen molar-refractivity contribution in [2.45, 2.75) is 10.1 Å². The summed E-state index contributed by atoms with van der Waals surface area (Å²) >= 11 is 0.953. The number of rotatable bonds is 8. The van der Waals surface area contributed by atoms with Crippen molar-refractivity contribution in [3.63, 3.8) is 0 Å². The summed E-state index contributed by atoms with van der Waals surface area (Å²) in [5.74, 6) is -1.86. The SMILES string of the molecule is Cn1nnnc1Sc1ccc([N+](=O)[O-])cc1C(=O)OCC(=O)Nc1ccc([N+](=O)[O-])cc1C#N. The van der Waals surface area contributed by atoms with Gasteiger partial charge in [0.15, 0.2) is 6.61 Å². The Labute approximate surface area is 193 Å². The molecule has 16 heteroatoms. The third-order valence-electron chi connectivity index (χ3n) is 4.12. The molecule has 0 spiro atoms. The lowest BCUT2D eigenvalue weighted by Crippen LogP contribution is -2.21. The van der Waals surface area contributed by atoms with Gasteiger partial charge in [0, 0.05) is 36.2 Å². The predicted molar refractivity (Wildman–Crippen MR) is 113 cm³/mol. The molecule has 2 aromatic carbocycles. The number of nitriles is 1. The van der Waals surface area contributed by atoms with Gasteiger partial charge in [-0.25, -0.2) is 9.48 Å². The number of benzene rings is 2. The molecule has 1 heterocycles. The Morgan fingerprint density at radius 1 is 1.18 bits per heavy atom. The highest BCUT2D eigenvalue weighted by molar-refractivity contribution is 7.99. The van der Waals surface area contributed by atoms with Gasteiger partial charge in [0.25, 0.3) is 17.3 Å². The molecule has 0 fully saturated rings. The van der Waals surface area contributed by atoms with Crippen LogP contribution in [-0.2, 0) is 16.6 Å². The number of tetrazole rings is 1. The van der Waals surface area contributed by atoms with E-state index in [0.29, 0.717) is 5.16 Å². The van der Waals surface area contributed by atoms with Crippen molar-refractivity contribution in [1.82, 2.24) is 20.2 Å². The lowest BCUT2D eigenvalue weighted by Gasteiger charge is -2.10. The minimum Gasteiger partial charge on any atom is -0.452 e. The number of nitro benzene ring substituents is 2. The van der Waals surface area contributed by atoms with Crippen molar-refractivity contribution in [3.8, 4) is 6.07 Å². The number of hydrogen-bond acceptors (Lipinski definition) is 12. The minimum absolute atomic E-state index is 0.0180. The zero-order chi connectivity index (χ0) is 24.8. The molecule has 1 N–H and O–H groups in total. The molecule has 1 aromatic heterocycles. The number of amides is 1. The number of esters is 1. The van der Waals surface area contributed by atoms with Crippen LogP contribution < -0.4 is 5.32 Å². The highest BCUT2D eigenvalue weighted by atomic mass is 32.2. The van der Waals surface area contributed by atoms with E-state index in [2.05, 4.69) is 20.8 Å². The molecule has 0 saturated carbocycles. The van der Waals surface area contributed by atoms with E-state index in [1.54, 1.807) is 13.1 Å². The molecule has 3 rings (SSSR count). The van der Waals surface area contributed by atoms with Crippen molar-refractivity contribution in [3.05, 3.63) is 67.8 Å². The Morgan fingerprint density at radius 2 is 1.85 bits per heavy atom. The van der Waals surface area contributed by atoms with Gasteiger partial charge in [0.1, 0.15) is 6.07 Å². The first-order chi connectivity index (χ1) is 16.2. The van der Waals surface area contributed by atoms with Gasteiger partial charge in [0.2, 0.25) is 5.16 Å². The Morgan fingerprint density at radius 3 is 2.47 bits per heavy atom. The zero-order valence-corrected chi connectivity index (χ0v) is 17.9. The van der Waals surface area contributed by atoms with Crippen LogP contribution in [0.5, 0.6) is 0 Å². The van der Waals surface area contributed by atoms with Gasteiger partial charge in [-0.1, -0.05) is 0 Å². The van der Waals surface area contributed by atoms with Gasteiger partial charge in [-0.15, -0.1) is 5.10 Å². The van der Waals surface area contributed by atoms with Gasteiger partial charge in [-0.3, -0.25) is 25.0 Å². The van der Waals surface area contributed by atoms with E-state index < -0.39 is 28.3 Å². The number of carbonyl (C=O) groups excluding carboxylic acids is 2. The molecule has 0 aliphatic heterocycles. The van der Waals surface area contributed by atoms with Gasteiger partial charge < -0.3 is 10.1 Å². The summed E-state index contributed by atoms with van der Waals surface area (Å²) in [6, 6.07) is 8.48. The molecule has 0 bridgehead atoms. The number of anilines is 1. The van der Waals surface area contributed by atoms with Crippen molar-refractivity contribution >= 4 is 40.7 Å². The Hall–Kier alpha value is -4.91. The average Bonchev–Trinajstić information content (AvgIpc) is 3.21. The molecule has 0 radical (unpaired) electrons. The lowest BCUT2D eigenvalue weighted by molar-refractivity contribution is -0.385. The van der Waals surface area contributed by atoms with E-state index in [0.717, 1.165) is 30.0 Å². The highest BCUT2D eigenvalue weighted by Crippen LogP contribution is 2.31. The van der Waals surface area contributed by atoms with E-state index >= 15 is 0 Å². The largest absolute Gasteiger partial charge is 0.452 e. The molecule has 0 aliphatic rings. The second-order valence-electron chi connectivity index (χ2n) is 6.35. The zero-order valence-electron chi connectivity index (χ0n) is 17.1. The fourth-order valence-electron chi connectivity index (χ4n) is 2.53. The second-order valence-corrected chi connectivity index (χ2v) is 7.36. The number of aryl methyl sites for hydroxylation is 1. The average molecular weight is 484 g/mol. The standard InChI is InChI=1S/C18H12N8O7S/c1-24-18(21-22-23-24)34-15-5-3-12(26(31)32)7-13(15)17(28)33-9-16(27)20-14-4-2-11(25(29)30)6-10(14)8-19/h2-7H,9H2,1H3,(H,20,27). The van der Waals surface area contributed by atoms with E-state index in [4.69, 9.17) is 10.00 Å². The number of non-ortho nitro benzene ring substituents is 2. The summed E-state index contributed by atoms with van der Waals surface area (Å²) in [6.45, 7) is -0.793. The van der Waals surface area contributed by atoms with E-state index in [-0.39, 0.29) is 33.1 Å². The predicted octanol–water partition coefficient (Wildman–Crippen LogP) is 1.84. The topological polar surface area (TPSA) is 209 Å². The fourth-order valence-corrected chi connectivity index (χ4v) is 3.36. The Balaban J connectivity index is 1.75. The van der Waals surface area contributed by atoms with Crippen molar-refractivity contribution in [2.75, 3.05) is 11.9 Å². The van der Waals surface area contributed by atoms with Crippen LogP contribution in [0.15, 0.2) is 46.5 Å². The number of nitro groups is 2. The normalized spacial score (nSPS) is 10.2. The number of hydrogen-bond donors (Lipinski definition) is 1. The van der Waals surface area contributed by atoms with E-state index in [9.17, 15) is 29.8 Å². The number of nitrogens with zero attached hydrogens (tertiary/aromatic N) is 7. The van der Waals surface area contributed by atoms with Crippen LogP contribution >= 0.6 is 11.8 Å². The van der Waals surface area contributed by atoms with Gasteiger partial charge >= 0.3 is 5.97 Å². The first-order valence-electron chi connectivity index (χ1n) is 9.03. The molecule has 0 unspecified atom stereocenters. The molecular formula is C18H12N8O7S. The third-order valence-corrected chi connectivity index (χ3v) is 5.22. The maximum absolute atomic E-state index is 12.6. The number of carbonyl (C=O) groups is 2. The summed E-state index contributed by atoms with van der Waals surface area (Å²) in [5, 5.41) is 44.6. The summed E-state index contributed by atoms with van der Waals surface area (Å²) in [6.07, 6.45) is 0. The van der Waals surface area contributed by atoms with Crippen LogP contribution in [0, 0.1) is 31.6 Å². The lowest BCUT2D eigenvalue weighted by atomic mass is 10.1. The number of ether oxygens (including phenoxy) is 1. The second kappa shape index (κ2) is 10.1. The van der Waals surface area contributed by atoms with Gasteiger partial charge in [-0.2, -0.15) is 5.26 Å². The van der Waals surface area contributed by atoms with Crippen LogP contribution in [0.3, 0.4) is 0 Å². The minimum atomic E-state index is -1.03. The monoisotopic (exact) mass is 484 g/mol. The van der Waals surface area contributed by atoms with Crippen molar-refractivity contribution < 1.29 is 24.2 Å². The van der Waals surface area contributed by atoms with Gasteiger partial charge in [0.05, 0.1) is 26.7 Å². The van der Waals surface area contributed by atoms with Crippen LogP contribution in [0.25, 0.3) is 0 Å². The quantitative estimate of drug-likeness (QED) is 0.276. The maximum Gasteiger partial charge on any atom is 0.340 e. The smallest absolute Gasteiger partial charge is 0.340 e. The Bertz CT molecular complexity index is 1350. The highest BCUT2D eigenvalue weighted by Gasteiger charge is 2.21. The third kappa shape index (κ3) is 5.46. The number of aromatic nitrogens is 4. The van der Waals surface area contributed by atoms with Gasteiger partial charge in [-0.05, 0) is 34.3 Å². The molecule has 0 aliphatic carbocycles. The fraction of sp³-hybridized carbons (Fsp3) is 0.111. The molecule has 172 valence electrons. The summed E-state index contributed by atoms with van der Waals surface area (Å²) < 4.78 is 6.31. The van der Waals surface area contributed by atoms with Crippen molar-refractivity contribution in [1.29, 1.82) is 5.26 Å². The maximum atomic E-state index is 12.6. The van der Waals surface area contributed by atoms with Crippen LogP contribution in [-0.4, -0.2) is 48.5 Å². The molecule has 34 heavy (non-hydrogen) atoms. The summed E-state index contributed by atoms with van der Waals surface area (Å²) in [7, 11) is 1.56. The van der Waals surface area contributed by atoms with Crippen LogP contribution in [0.2, 0.25) is 0 Å². The molecule has 0 atom stereocenters. The molecule has 15 nitrogen and oxygen atoms in total. The first-order valence-corrected chi connectivity index (χ1v) is 9.85. The Kier molecular flexibility index (Phi) is 7.08. The first kappa shape index (κ1) is 23.7. The molecule has 0 saturated heterocycles.